The lowest BCUT2D eigenvalue weighted by Gasteiger charge is -2.09. The van der Waals surface area contributed by atoms with Crippen LogP contribution in [0.2, 0.25) is 0 Å². The van der Waals surface area contributed by atoms with E-state index in [4.69, 9.17) is 10.5 Å². The van der Waals surface area contributed by atoms with Crippen molar-refractivity contribution in [3.63, 3.8) is 0 Å². The first-order valence-corrected chi connectivity index (χ1v) is 6.47. The maximum atomic E-state index is 12.0. The molecule has 1 aromatic carbocycles. The number of anilines is 1. The van der Waals surface area contributed by atoms with Crippen LogP contribution in [-0.2, 0) is 4.74 Å². The Balaban J connectivity index is 2.38. The van der Waals surface area contributed by atoms with Gasteiger partial charge in [0.05, 0.1) is 23.4 Å². The minimum atomic E-state index is -0.429. The van der Waals surface area contributed by atoms with Crippen molar-refractivity contribution in [3.05, 3.63) is 35.5 Å². The van der Waals surface area contributed by atoms with Gasteiger partial charge in [0.25, 0.3) is 0 Å². The normalized spacial score (nSPS) is 11.1. The molecule has 0 radical (unpaired) electrons. The second-order valence-corrected chi connectivity index (χ2v) is 4.60. The van der Waals surface area contributed by atoms with E-state index >= 15 is 0 Å². The van der Waals surface area contributed by atoms with E-state index in [0.29, 0.717) is 29.2 Å². The van der Waals surface area contributed by atoms with E-state index in [1.54, 1.807) is 13.8 Å². The number of carbonyl (C=O) groups excluding carboxylic acids is 1. The molecule has 20 heavy (non-hydrogen) atoms. The minimum Gasteiger partial charge on any atom is -0.462 e. The van der Waals surface area contributed by atoms with Gasteiger partial charge in [-0.25, -0.2) is 9.78 Å². The van der Waals surface area contributed by atoms with Crippen LogP contribution in [0.5, 0.6) is 0 Å². The van der Waals surface area contributed by atoms with Crippen molar-refractivity contribution in [3.8, 4) is 0 Å². The van der Waals surface area contributed by atoms with Crippen LogP contribution in [0.4, 0.5) is 5.69 Å². The zero-order chi connectivity index (χ0) is 14.3. The Kier molecular flexibility index (Phi) is 2.82. The highest BCUT2D eigenvalue weighted by atomic mass is 16.5. The molecule has 0 atom stereocenters. The van der Waals surface area contributed by atoms with Gasteiger partial charge in [-0.2, -0.15) is 0 Å². The number of rotatable bonds is 2. The number of aromatic amines is 1. The lowest BCUT2D eigenvalue weighted by Crippen LogP contribution is -2.11. The molecular formula is C15H15N3O2. The van der Waals surface area contributed by atoms with Gasteiger partial charge < -0.3 is 15.5 Å². The molecule has 0 amide bonds. The molecule has 5 heteroatoms. The van der Waals surface area contributed by atoms with Crippen molar-refractivity contribution in [2.45, 2.75) is 13.8 Å². The van der Waals surface area contributed by atoms with Crippen LogP contribution in [0.25, 0.3) is 21.9 Å². The maximum absolute atomic E-state index is 12.0. The first kappa shape index (κ1) is 12.5. The molecule has 0 aliphatic carbocycles. The van der Waals surface area contributed by atoms with Crippen LogP contribution in [-0.4, -0.2) is 22.5 Å². The summed E-state index contributed by atoms with van der Waals surface area (Å²) in [5.74, 6) is -0.429. The fourth-order valence-electron chi connectivity index (χ4n) is 2.49. The Morgan fingerprint density at radius 3 is 2.90 bits per heavy atom. The van der Waals surface area contributed by atoms with Gasteiger partial charge in [0, 0.05) is 10.9 Å². The summed E-state index contributed by atoms with van der Waals surface area (Å²) in [6, 6.07) is 7.78. The van der Waals surface area contributed by atoms with Gasteiger partial charge in [-0.3, -0.25) is 0 Å². The summed E-state index contributed by atoms with van der Waals surface area (Å²) in [6.45, 7) is 3.83. The van der Waals surface area contributed by atoms with Gasteiger partial charge in [-0.15, -0.1) is 0 Å². The number of aromatic nitrogens is 2. The van der Waals surface area contributed by atoms with E-state index in [1.807, 2.05) is 24.3 Å². The molecule has 0 bridgehead atoms. The number of aryl methyl sites for hydroxylation is 1. The lowest BCUT2D eigenvalue weighted by molar-refractivity contribution is 0.0526. The third kappa shape index (κ3) is 1.71. The van der Waals surface area contributed by atoms with E-state index in [-0.39, 0.29) is 0 Å². The van der Waals surface area contributed by atoms with Crippen molar-refractivity contribution in [1.29, 1.82) is 0 Å². The van der Waals surface area contributed by atoms with Crippen LogP contribution in [0.1, 0.15) is 23.0 Å². The molecule has 0 saturated heterocycles. The number of nitrogen functional groups attached to an aromatic ring is 1. The number of esters is 1. The fourth-order valence-corrected chi connectivity index (χ4v) is 2.49. The summed E-state index contributed by atoms with van der Waals surface area (Å²) in [4.78, 5) is 19.7. The maximum Gasteiger partial charge on any atom is 0.342 e. The van der Waals surface area contributed by atoms with E-state index in [9.17, 15) is 4.79 Å². The topological polar surface area (TPSA) is 81.0 Å². The average Bonchev–Trinajstić information content (AvgIpc) is 2.76. The highest BCUT2D eigenvalue weighted by molar-refractivity contribution is 6.16. The molecule has 2 aromatic heterocycles. The predicted octanol–water partition coefficient (Wildman–Crippen LogP) is 2.78. The molecule has 102 valence electrons. The number of hydrogen-bond acceptors (Lipinski definition) is 4. The molecule has 0 saturated carbocycles. The molecule has 0 aliphatic heterocycles. The Bertz CT molecular complexity index is 821. The van der Waals surface area contributed by atoms with E-state index in [0.717, 1.165) is 16.3 Å². The molecule has 0 spiro atoms. The monoisotopic (exact) mass is 269 g/mol. The summed E-state index contributed by atoms with van der Waals surface area (Å²) in [5.41, 5.74) is 9.18. The largest absolute Gasteiger partial charge is 0.462 e. The molecule has 3 aromatic rings. The van der Waals surface area contributed by atoms with E-state index in [1.165, 1.54) is 0 Å². The van der Waals surface area contributed by atoms with Gasteiger partial charge in [0.2, 0.25) is 0 Å². The third-order valence-corrected chi connectivity index (χ3v) is 3.35. The van der Waals surface area contributed by atoms with E-state index in [2.05, 4.69) is 9.97 Å². The van der Waals surface area contributed by atoms with Gasteiger partial charge in [-0.1, -0.05) is 18.2 Å². The number of carbonyl (C=O) groups is 1. The number of nitrogens with one attached hydrogen (secondary N) is 1. The molecular weight excluding hydrogens is 254 g/mol. The first-order chi connectivity index (χ1) is 9.63. The number of nitrogens with two attached hydrogens (primary N) is 1. The number of nitrogens with zero attached hydrogens (tertiary/aromatic N) is 1. The van der Waals surface area contributed by atoms with Crippen LogP contribution in [0.15, 0.2) is 24.3 Å². The number of H-pyrrole nitrogens is 1. The summed E-state index contributed by atoms with van der Waals surface area (Å²) in [6.07, 6.45) is 0. The number of pyridine rings is 1. The molecule has 0 fully saturated rings. The van der Waals surface area contributed by atoms with Gasteiger partial charge in [-0.05, 0) is 19.9 Å². The zero-order valence-corrected chi connectivity index (χ0v) is 11.4. The summed E-state index contributed by atoms with van der Waals surface area (Å²) >= 11 is 0. The Morgan fingerprint density at radius 2 is 2.15 bits per heavy atom. The van der Waals surface area contributed by atoms with Gasteiger partial charge in [0.15, 0.2) is 0 Å². The van der Waals surface area contributed by atoms with Crippen molar-refractivity contribution in [2.24, 2.45) is 0 Å². The second kappa shape index (κ2) is 4.52. The Hall–Kier alpha value is -2.56. The van der Waals surface area contributed by atoms with Crippen molar-refractivity contribution >= 4 is 33.6 Å². The number of benzene rings is 1. The standard InChI is InChI=1S/C15H15N3O2/c1-3-20-15(19)11-8(2)17-14-12(13(11)16)9-6-4-5-7-10(9)18-14/h4-7H,3H2,1-2H3,(H3,16,17,18). The number of hydrogen-bond donors (Lipinski definition) is 2. The fraction of sp³-hybridized carbons (Fsp3) is 0.200. The van der Waals surface area contributed by atoms with Gasteiger partial charge >= 0.3 is 5.97 Å². The molecule has 3 N–H and O–H groups in total. The minimum absolute atomic E-state index is 0.309. The molecule has 2 heterocycles. The molecule has 0 aliphatic rings. The number of ether oxygens (including phenoxy) is 1. The Labute approximate surface area is 115 Å². The van der Waals surface area contributed by atoms with Crippen LogP contribution >= 0.6 is 0 Å². The highest BCUT2D eigenvalue weighted by Gasteiger charge is 2.20. The van der Waals surface area contributed by atoms with Crippen LogP contribution in [0, 0.1) is 6.92 Å². The van der Waals surface area contributed by atoms with Crippen LogP contribution in [0.3, 0.4) is 0 Å². The van der Waals surface area contributed by atoms with Crippen molar-refractivity contribution in [1.82, 2.24) is 9.97 Å². The number of para-hydroxylation sites is 1. The van der Waals surface area contributed by atoms with Gasteiger partial charge in [0.1, 0.15) is 11.2 Å². The smallest absolute Gasteiger partial charge is 0.342 e. The quantitative estimate of drug-likeness (QED) is 0.701. The van der Waals surface area contributed by atoms with Crippen molar-refractivity contribution in [2.75, 3.05) is 12.3 Å². The predicted molar refractivity (Wildman–Crippen MR) is 78.7 cm³/mol. The lowest BCUT2D eigenvalue weighted by atomic mass is 10.1. The Morgan fingerprint density at radius 1 is 1.40 bits per heavy atom. The summed E-state index contributed by atoms with van der Waals surface area (Å²) in [7, 11) is 0. The van der Waals surface area contributed by atoms with E-state index < -0.39 is 5.97 Å². The SMILES string of the molecule is CCOC(=O)c1c(C)nc2[nH]c3ccccc3c2c1N. The average molecular weight is 269 g/mol. The summed E-state index contributed by atoms with van der Waals surface area (Å²) < 4.78 is 5.06. The second-order valence-electron chi connectivity index (χ2n) is 4.60. The molecule has 5 nitrogen and oxygen atoms in total. The zero-order valence-electron chi connectivity index (χ0n) is 11.4. The number of fused-ring (bicyclic) bond motifs is 3. The highest BCUT2D eigenvalue weighted by Crippen LogP contribution is 2.32. The first-order valence-electron chi connectivity index (χ1n) is 6.47. The third-order valence-electron chi connectivity index (χ3n) is 3.35. The van der Waals surface area contributed by atoms with Crippen LogP contribution < -0.4 is 5.73 Å². The molecule has 3 rings (SSSR count). The van der Waals surface area contributed by atoms with Crippen molar-refractivity contribution < 1.29 is 9.53 Å². The summed E-state index contributed by atoms with van der Waals surface area (Å²) in [5, 5.41) is 1.73. The molecule has 0 unspecified atom stereocenters.